The van der Waals surface area contributed by atoms with Crippen LogP contribution < -0.4 is 4.74 Å². The highest BCUT2D eigenvalue weighted by Crippen LogP contribution is 2.35. The number of hydrogen-bond acceptors (Lipinski definition) is 6. The number of ether oxygens (including phenoxy) is 2. The van der Waals surface area contributed by atoms with Crippen molar-refractivity contribution in [3.05, 3.63) is 34.7 Å². The molecule has 0 aromatic heterocycles. The van der Waals surface area contributed by atoms with E-state index < -0.39 is 23.2 Å². The van der Waals surface area contributed by atoms with Crippen LogP contribution in [0.15, 0.2) is 29.2 Å². The third kappa shape index (κ3) is 2.99. The Kier molecular flexibility index (Phi) is 4.87. The van der Waals surface area contributed by atoms with E-state index in [-0.39, 0.29) is 4.91 Å². The molecule has 6 nitrogen and oxygen atoms in total. The van der Waals surface area contributed by atoms with E-state index in [1.165, 1.54) is 21.1 Å². The van der Waals surface area contributed by atoms with E-state index in [2.05, 4.69) is 4.74 Å². The highest BCUT2D eigenvalue weighted by Gasteiger charge is 2.41. The zero-order chi connectivity index (χ0) is 16.3. The van der Waals surface area contributed by atoms with Gasteiger partial charge in [0.1, 0.15) is 11.8 Å². The molecule has 2 rings (SSSR count). The molecular weight excluding hydrogens is 306 g/mol. The van der Waals surface area contributed by atoms with E-state index in [1.54, 1.807) is 30.3 Å². The monoisotopic (exact) mass is 321 g/mol. The zero-order valence-corrected chi connectivity index (χ0v) is 13.2. The third-order valence-electron chi connectivity index (χ3n) is 3.18. The summed E-state index contributed by atoms with van der Waals surface area (Å²) in [5, 5.41) is -0.496. The number of carbonyl (C=O) groups is 3. The summed E-state index contributed by atoms with van der Waals surface area (Å²) < 4.78 is 9.79. The Hall–Kier alpha value is -2.28. The Morgan fingerprint density at radius 3 is 2.59 bits per heavy atom. The van der Waals surface area contributed by atoms with Gasteiger partial charge in [0.25, 0.3) is 11.1 Å². The summed E-state index contributed by atoms with van der Waals surface area (Å²) >= 11 is 0.787. The molecule has 1 heterocycles. The molecule has 7 heteroatoms. The second kappa shape index (κ2) is 6.65. The van der Waals surface area contributed by atoms with E-state index in [4.69, 9.17) is 4.74 Å². The van der Waals surface area contributed by atoms with Gasteiger partial charge >= 0.3 is 5.97 Å². The van der Waals surface area contributed by atoms with Crippen molar-refractivity contribution in [2.24, 2.45) is 0 Å². The first-order valence-electron chi connectivity index (χ1n) is 6.47. The first-order valence-corrected chi connectivity index (χ1v) is 7.29. The molecule has 0 N–H and O–H groups in total. The standard InChI is InChI=1S/C15H15NO5S/c1-9(14(18)21-3)16-13(17)12(22-15(16)19)8-10-6-4-5-7-11(10)20-2/h4-9H,1-3H3/b12-8-/t9-/m0/s1. The lowest BCUT2D eigenvalue weighted by Gasteiger charge is -2.18. The van der Waals surface area contributed by atoms with Crippen molar-refractivity contribution < 1.29 is 23.9 Å². The lowest BCUT2D eigenvalue weighted by atomic mass is 10.2. The number of amides is 2. The van der Waals surface area contributed by atoms with E-state index in [1.807, 2.05) is 0 Å². The minimum Gasteiger partial charge on any atom is -0.496 e. The number of thioether (sulfide) groups is 1. The molecule has 1 fully saturated rings. The van der Waals surface area contributed by atoms with Gasteiger partial charge in [-0.1, -0.05) is 18.2 Å². The molecule has 0 saturated carbocycles. The SMILES string of the molecule is COC(=O)[C@H](C)N1C(=O)S/C(=C\c2ccccc2OC)C1=O. The van der Waals surface area contributed by atoms with Crippen LogP contribution in [0.5, 0.6) is 5.75 Å². The summed E-state index contributed by atoms with van der Waals surface area (Å²) in [6.07, 6.45) is 1.58. The van der Waals surface area contributed by atoms with Gasteiger partial charge in [-0.2, -0.15) is 0 Å². The van der Waals surface area contributed by atoms with Gasteiger partial charge in [-0.3, -0.25) is 14.5 Å². The molecule has 0 aliphatic carbocycles. The number of esters is 1. The molecule has 0 unspecified atom stereocenters. The van der Waals surface area contributed by atoms with Gasteiger partial charge in [0.05, 0.1) is 19.1 Å². The van der Waals surface area contributed by atoms with Crippen LogP contribution in [0.2, 0.25) is 0 Å². The van der Waals surface area contributed by atoms with Crippen molar-refractivity contribution in [2.75, 3.05) is 14.2 Å². The second-order valence-corrected chi connectivity index (χ2v) is 5.49. The topological polar surface area (TPSA) is 72.9 Å². The second-order valence-electron chi connectivity index (χ2n) is 4.49. The molecule has 1 saturated heterocycles. The normalized spacial score (nSPS) is 17.8. The Morgan fingerprint density at radius 2 is 1.95 bits per heavy atom. The average Bonchev–Trinajstić information content (AvgIpc) is 2.80. The fraction of sp³-hybridized carbons (Fsp3) is 0.267. The van der Waals surface area contributed by atoms with Crippen molar-refractivity contribution >= 4 is 35.0 Å². The quantitative estimate of drug-likeness (QED) is 0.626. The highest BCUT2D eigenvalue weighted by atomic mass is 32.2. The van der Waals surface area contributed by atoms with Gasteiger partial charge in [-0.15, -0.1) is 0 Å². The molecule has 116 valence electrons. The van der Waals surface area contributed by atoms with Crippen molar-refractivity contribution in [3.8, 4) is 5.75 Å². The van der Waals surface area contributed by atoms with Crippen LogP contribution in [0.4, 0.5) is 4.79 Å². The van der Waals surface area contributed by atoms with Crippen LogP contribution in [-0.4, -0.2) is 42.3 Å². The van der Waals surface area contributed by atoms with Gasteiger partial charge < -0.3 is 9.47 Å². The molecule has 1 aliphatic heterocycles. The minimum absolute atomic E-state index is 0.241. The number of para-hydroxylation sites is 1. The van der Waals surface area contributed by atoms with Crippen molar-refractivity contribution in [1.82, 2.24) is 4.90 Å². The first-order chi connectivity index (χ1) is 10.5. The molecule has 2 amide bonds. The zero-order valence-electron chi connectivity index (χ0n) is 12.4. The maximum Gasteiger partial charge on any atom is 0.328 e. The minimum atomic E-state index is -0.957. The van der Waals surface area contributed by atoms with Crippen molar-refractivity contribution in [3.63, 3.8) is 0 Å². The predicted molar refractivity (Wildman–Crippen MR) is 82.3 cm³/mol. The summed E-state index contributed by atoms with van der Waals surface area (Å²) in [6.45, 7) is 1.45. The number of carbonyl (C=O) groups excluding carboxylic acids is 3. The third-order valence-corrected chi connectivity index (χ3v) is 4.06. The summed E-state index contributed by atoms with van der Waals surface area (Å²) in [6, 6.07) is 6.18. The largest absolute Gasteiger partial charge is 0.496 e. The van der Waals surface area contributed by atoms with Crippen molar-refractivity contribution in [1.29, 1.82) is 0 Å². The summed E-state index contributed by atoms with van der Waals surface area (Å²) in [5.74, 6) is -0.560. The van der Waals surface area contributed by atoms with E-state index in [0.717, 1.165) is 16.7 Å². The molecule has 1 aromatic rings. The van der Waals surface area contributed by atoms with Gasteiger partial charge in [-0.25, -0.2) is 4.79 Å². The smallest absolute Gasteiger partial charge is 0.328 e. The van der Waals surface area contributed by atoms with E-state index in [9.17, 15) is 14.4 Å². The van der Waals surface area contributed by atoms with Crippen LogP contribution in [0.3, 0.4) is 0 Å². The number of rotatable bonds is 4. The summed E-state index contributed by atoms with van der Waals surface area (Å²) in [5.41, 5.74) is 0.682. The molecule has 0 spiro atoms. The lowest BCUT2D eigenvalue weighted by molar-refractivity contribution is -0.148. The molecule has 1 aromatic carbocycles. The fourth-order valence-corrected chi connectivity index (χ4v) is 2.92. The van der Waals surface area contributed by atoms with E-state index in [0.29, 0.717) is 11.3 Å². The number of hydrogen-bond donors (Lipinski definition) is 0. The van der Waals surface area contributed by atoms with Gasteiger partial charge in [-0.05, 0) is 30.8 Å². The first kappa shape index (κ1) is 16.1. The number of methoxy groups -OCH3 is 2. The molecule has 1 atom stereocenters. The Labute approximate surface area is 132 Å². The lowest BCUT2D eigenvalue weighted by Crippen LogP contribution is -2.42. The van der Waals surface area contributed by atoms with E-state index >= 15 is 0 Å². The maximum absolute atomic E-state index is 12.3. The highest BCUT2D eigenvalue weighted by molar-refractivity contribution is 8.18. The number of imide groups is 1. The van der Waals surface area contributed by atoms with Crippen LogP contribution >= 0.6 is 11.8 Å². The number of nitrogens with zero attached hydrogens (tertiary/aromatic N) is 1. The molecular formula is C15H15NO5S. The Bertz CT molecular complexity index is 655. The van der Waals surface area contributed by atoms with Gasteiger partial charge in [0.2, 0.25) is 0 Å². The summed E-state index contributed by atoms with van der Waals surface area (Å²) in [7, 11) is 2.74. The van der Waals surface area contributed by atoms with Crippen LogP contribution in [0, 0.1) is 0 Å². The van der Waals surface area contributed by atoms with Gasteiger partial charge in [0, 0.05) is 5.56 Å². The maximum atomic E-state index is 12.3. The molecule has 0 radical (unpaired) electrons. The Balaban J connectivity index is 2.32. The molecule has 0 bridgehead atoms. The summed E-state index contributed by atoms with van der Waals surface area (Å²) in [4.78, 5) is 37.0. The van der Waals surface area contributed by atoms with Crippen LogP contribution in [-0.2, 0) is 14.3 Å². The Morgan fingerprint density at radius 1 is 1.27 bits per heavy atom. The molecule has 1 aliphatic rings. The molecule has 22 heavy (non-hydrogen) atoms. The fourth-order valence-electron chi connectivity index (χ4n) is 2.02. The van der Waals surface area contributed by atoms with Crippen LogP contribution in [0.25, 0.3) is 6.08 Å². The van der Waals surface area contributed by atoms with Crippen LogP contribution in [0.1, 0.15) is 12.5 Å². The van der Waals surface area contributed by atoms with Crippen molar-refractivity contribution in [2.45, 2.75) is 13.0 Å². The van der Waals surface area contributed by atoms with Gasteiger partial charge in [0.15, 0.2) is 0 Å². The predicted octanol–water partition coefficient (Wildman–Crippen LogP) is 2.29. The number of benzene rings is 1. The average molecular weight is 321 g/mol.